The number of likely N-dealkylation sites (tertiary alicyclic amines) is 1. The predicted octanol–water partition coefficient (Wildman–Crippen LogP) is 5.76. The Kier molecular flexibility index (Phi) is 14.1. The van der Waals surface area contributed by atoms with Gasteiger partial charge in [0.2, 0.25) is 11.8 Å². The molecule has 0 spiro atoms. The summed E-state index contributed by atoms with van der Waals surface area (Å²) in [6, 6.07) is 0. The normalized spacial score (nSPS) is 14.9. The standard InChI is InChI=1S/C22H39NO3/c1-2-3-4-5-11-14-19-26-20-15-12-9-7-6-8-10-13-18-23-21(24)16-17-22(23)25/h13,18H,2-12,14-17,19-20H2,1H3. The fourth-order valence-electron chi connectivity index (χ4n) is 3.20. The molecule has 0 atom stereocenters. The fourth-order valence-corrected chi connectivity index (χ4v) is 3.20. The van der Waals surface area contributed by atoms with Crippen molar-refractivity contribution in [1.29, 1.82) is 0 Å². The number of nitrogens with zero attached hydrogens (tertiary/aromatic N) is 1. The average molecular weight is 366 g/mol. The van der Waals surface area contributed by atoms with Crippen LogP contribution < -0.4 is 0 Å². The molecule has 26 heavy (non-hydrogen) atoms. The Balaban J connectivity index is 1.77. The van der Waals surface area contributed by atoms with Crippen LogP contribution in [0.5, 0.6) is 0 Å². The number of allylic oxidation sites excluding steroid dienone is 1. The van der Waals surface area contributed by atoms with Gasteiger partial charge < -0.3 is 4.74 Å². The van der Waals surface area contributed by atoms with Crippen LogP contribution in [0.25, 0.3) is 0 Å². The lowest BCUT2D eigenvalue weighted by Gasteiger charge is -2.06. The zero-order valence-electron chi connectivity index (χ0n) is 16.8. The minimum absolute atomic E-state index is 0.0649. The lowest BCUT2D eigenvalue weighted by molar-refractivity contribution is -0.135. The first kappa shape index (κ1) is 22.9. The smallest absolute Gasteiger partial charge is 0.233 e. The van der Waals surface area contributed by atoms with Crippen LogP contribution in [-0.2, 0) is 14.3 Å². The van der Waals surface area contributed by atoms with Crippen molar-refractivity contribution in [3.05, 3.63) is 12.3 Å². The van der Waals surface area contributed by atoms with E-state index in [2.05, 4.69) is 6.92 Å². The SMILES string of the molecule is CCCCCCCCOCCCCCCCCC=CN1C(=O)CCC1=O. The first-order valence-electron chi connectivity index (χ1n) is 10.8. The molecule has 0 aromatic heterocycles. The summed E-state index contributed by atoms with van der Waals surface area (Å²) in [6.07, 6.45) is 20.5. The Bertz CT molecular complexity index is 390. The third-order valence-corrected chi connectivity index (χ3v) is 4.90. The van der Waals surface area contributed by atoms with Crippen LogP contribution in [0.15, 0.2) is 12.3 Å². The molecule has 0 unspecified atom stereocenters. The van der Waals surface area contributed by atoms with Gasteiger partial charge in [0.05, 0.1) is 0 Å². The Hall–Kier alpha value is -1.16. The van der Waals surface area contributed by atoms with Gasteiger partial charge in [-0.15, -0.1) is 0 Å². The third kappa shape index (κ3) is 11.5. The number of hydrogen-bond donors (Lipinski definition) is 0. The number of rotatable bonds is 17. The number of amides is 2. The summed E-state index contributed by atoms with van der Waals surface area (Å²) in [4.78, 5) is 24.1. The third-order valence-electron chi connectivity index (χ3n) is 4.90. The van der Waals surface area contributed by atoms with Crippen molar-refractivity contribution in [1.82, 2.24) is 4.90 Å². The molecule has 1 rings (SSSR count). The second-order valence-corrected chi connectivity index (χ2v) is 7.33. The number of carbonyl (C=O) groups excluding carboxylic acids is 2. The van der Waals surface area contributed by atoms with Crippen molar-refractivity contribution in [3.8, 4) is 0 Å². The van der Waals surface area contributed by atoms with E-state index in [9.17, 15) is 9.59 Å². The van der Waals surface area contributed by atoms with Crippen LogP contribution in [0.1, 0.15) is 103 Å². The summed E-state index contributed by atoms with van der Waals surface area (Å²) in [7, 11) is 0. The molecule has 0 aromatic rings. The second-order valence-electron chi connectivity index (χ2n) is 7.33. The van der Waals surface area contributed by atoms with Crippen molar-refractivity contribution in [3.63, 3.8) is 0 Å². The minimum Gasteiger partial charge on any atom is -0.381 e. The monoisotopic (exact) mass is 365 g/mol. The second kappa shape index (κ2) is 16.0. The highest BCUT2D eigenvalue weighted by Gasteiger charge is 2.26. The lowest BCUT2D eigenvalue weighted by atomic mass is 10.1. The molecule has 2 amide bonds. The maximum Gasteiger partial charge on any atom is 0.233 e. The molecule has 4 heteroatoms. The zero-order valence-corrected chi connectivity index (χ0v) is 16.8. The van der Waals surface area contributed by atoms with Crippen molar-refractivity contribution in [2.45, 2.75) is 103 Å². The molecule has 150 valence electrons. The summed E-state index contributed by atoms with van der Waals surface area (Å²) in [5, 5.41) is 0. The van der Waals surface area contributed by atoms with Gasteiger partial charge in [-0.1, -0.05) is 70.8 Å². The maximum absolute atomic E-state index is 11.4. The fraction of sp³-hybridized carbons (Fsp3) is 0.818. The van der Waals surface area contributed by atoms with E-state index in [-0.39, 0.29) is 11.8 Å². The van der Waals surface area contributed by atoms with Gasteiger partial charge in [-0.25, -0.2) is 0 Å². The van der Waals surface area contributed by atoms with Crippen LogP contribution in [0, 0.1) is 0 Å². The molecule has 0 N–H and O–H groups in total. The van der Waals surface area contributed by atoms with E-state index in [0.717, 1.165) is 26.1 Å². The van der Waals surface area contributed by atoms with Crippen molar-refractivity contribution in [2.24, 2.45) is 0 Å². The maximum atomic E-state index is 11.4. The molecule has 1 heterocycles. The van der Waals surface area contributed by atoms with E-state index in [4.69, 9.17) is 4.74 Å². The van der Waals surface area contributed by atoms with Gasteiger partial charge in [0.25, 0.3) is 0 Å². The van der Waals surface area contributed by atoms with Crippen LogP contribution in [0.2, 0.25) is 0 Å². The molecule has 0 saturated carbocycles. The van der Waals surface area contributed by atoms with Gasteiger partial charge in [0, 0.05) is 32.3 Å². The minimum atomic E-state index is -0.0649. The van der Waals surface area contributed by atoms with Crippen LogP contribution in [-0.4, -0.2) is 29.9 Å². The summed E-state index contributed by atoms with van der Waals surface area (Å²) in [6.45, 7) is 4.10. The van der Waals surface area contributed by atoms with Crippen LogP contribution in [0.4, 0.5) is 0 Å². The highest BCUT2D eigenvalue weighted by molar-refractivity contribution is 6.02. The van der Waals surface area contributed by atoms with Gasteiger partial charge in [-0.05, 0) is 25.7 Å². The largest absolute Gasteiger partial charge is 0.381 e. The molecule has 0 bridgehead atoms. The van der Waals surface area contributed by atoms with Crippen molar-refractivity contribution < 1.29 is 14.3 Å². The molecule has 1 fully saturated rings. The van der Waals surface area contributed by atoms with E-state index in [1.807, 2.05) is 6.08 Å². The first-order valence-corrected chi connectivity index (χ1v) is 10.8. The molecule has 4 nitrogen and oxygen atoms in total. The topological polar surface area (TPSA) is 46.6 Å². The lowest BCUT2D eigenvalue weighted by Crippen LogP contribution is -2.22. The first-order chi connectivity index (χ1) is 12.8. The van der Waals surface area contributed by atoms with Crippen molar-refractivity contribution in [2.75, 3.05) is 13.2 Å². The van der Waals surface area contributed by atoms with Crippen LogP contribution in [0.3, 0.4) is 0 Å². The number of imide groups is 1. The van der Waals surface area contributed by atoms with Gasteiger partial charge in [0.1, 0.15) is 0 Å². The predicted molar refractivity (Wildman–Crippen MR) is 107 cm³/mol. The number of ether oxygens (including phenoxy) is 1. The van der Waals surface area contributed by atoms with Gasteiger partial charge in [-0.3, -0.25) is 14.5 Å². The highest BCUT2D eigenvalue weighted by atomic mass is 16.5. The van der Waals surface area contributed by atoms with Crippen LogP contribution >= 0.6 is 0 Å². The molecule has 1 aliphatic rings. The van der Waals surface area contributed by atoms with E-state index >= 15 is 0 Å². The van der Waals surface area contributed by atoms with Gasteiger partial charge in [0.15, 0.2) is 0 Å². The molecule has 1 aliphatic heterocycles. The Morgan fingerprint density at radius 1 is 0.769 bits per heavy atom. The molecule has 0 aliphatic carbocycles. The quantitative estimate of drug-likeness (QED) is 0.243. The van der Waals surface area contributed by atoms with Crippen molar-refractivity contribution >= 4 is 11.8 Å². The number of hydrogen-bond acceptors (Lipinski definition) is 3. The van der Waals surface area contributed by atoms with E-state index in [1.165, 1.54) is 75.5 Å². The highest BCUT2D eigenvalue weighted by Crippen LogP contribution is 2.13. The molecular formula is C22H39NO3. The Morgan fingerprint density at radius 3 is 1.85 bits per heavy atom. The molecule has 0 aromatic carbocycles. The van der Waals surface area contributed by atoms with Gasteiger partial charge in [-0.2, -0.15) is 0 Å². The Labute approximate surface area is 160 Å². The number of unbranched alkanes of at least 4 members (excludes halogenated alkanes) is 11. The van der Waals surface area contributed by atoms with E-state index in [0.29, 0.717) is 12.8 Å². The van der Waals surface area contributed by atoms with E-state index < -0.39 is 0 Å². The average Bonchev–Trinajstić information content (AvgIpc) is 2.96. The summed E-state index contributed by atoms with van der Waals surface area (Å²) < 4.78 is 5.70. The summed E-state index contributed by atoms with van der Waals surface area (Å²) >= 11 is 0. The Morgan fingerprint density at radius 2 is 1.27 bits per heavy atom. The number of carbonyl (C=O) groups is 2. The van der Waals surface area contributed by atoms with E-state index in [1.54, 1.807) is 6.20 Å². The molecular weight excluding hydrogens is 326 g/mol. The molecule has 1 saturated heterocycles. The summed E-state index contributed by atoms with van der Waals surface area (Å²) in [5.41, 5.74) is 0. The molecule has 0 radical (unpaired) electrons. The summed E-state index contributed by atoms with van der Waals surface area (Å²) in [5.74, 6) is -0.130. The van der Waals surface area contributed by atoms with Gasteiger partial charge >= 0.3 is 0 Å². The zero-order chi connectivity index (χ0) is 18.9.